The Morgan fingerprint density at radius 3 is 1.31 bits per heavy atom. The third kappa shape index (κ3) is 54.5. The quantitative estimate of drug-likeness (QED) is 0.0212. The average Bonchev–Trinajstić information content (AvgIpc) is 3.37. The second-order valence-corrected chi connectivity index (χ2v) is 21.4. The number of phosphoric ester groups is 1. The van der Waals surface area contributed by atoms with Crippen LogP contribution in [0.5, 0.6) is 0 Å². The number of ether oxygens (including phenoxy) is 1. The van der Waals surface area contributed by atoms with Crippen LogP contribution in [-0.2, 0) is 27.9 Å². The number of rotatable bonds is 50. The summed E-state index contributed by atoms with van der Waals surface area (Å²) in [6, 6.07) is -0.957. The minimum absolute atomic E-state index is 0.0513. The van der Waals surface area contributed by atoms with Gasteiger partial charge in [-0.25, -0.2) is 0 Å². The number of amides is 1. The largest absolute Gasteiger partial charge is 0.756 e. The molecule has 0 aromatic rings. The first-order valence-electron chi connectivity index (χ1n) is 29.1. The van der Waals surface area contributed by atoms with Gasteiger partial charge in [0.25, 0.3) is 7.82 Å². The van der Waals surface area contributed by atoms with Crippen LogP contribution in [0.1, 0.15) is 201 Å². The lowest BCUT2D eigenvalue weighted by Gasteiger charge is -2.30. The smallest absolute Gasteiger partial charge is 0.306 e. The van der Waals surface area contributed by atoms with Crippen LogP contribution in [0.4, 0.5) is 0 Å². The van der Waals surface area contributed by atoms with Gasteiger partial charge in [-0.2, -0.15) is 0 Å². The molecule has 0 aliphatic heterocycles. The van der Waals surface area contributed by atoms with Crippen LogP contribution >= 0.6 is 7.82 Å². The fourth-order valence-corrected chi connectivity index (χ4v) is 8.06. The molecule has 0 aromatic heterocycles. The molecule has 3 unspecified atom stereocenters. The van der Waals surface area contributed by atoms with E-state index in [0.717, 1.165) is 103 Å². The number of phosphoric acid groups is 1. The van der Waals surface area contributed by atoms with Crippen molar-refractivity contribution in [1.29, 1.82) is 0 Å². The van der Waals surface area contributed by atoms with Crippen LogP contribution in [0.15, 0.2) is 146 Å². The van der Waals surface area contributed by atoms with Gasteiger partial charge >= 0.3 is 5.97 Å². The van der Waals surface area contributed by atoms with Crippen LogP contribution in [0.25, 0.3) is 0 Å². The van der Waals surface area contributed by atoms with Gasteiger partial charge in [0.15, 0.2) is 0 Å². The number of hydrogen-bond acceptors (Lipinski definition) is 7. The van der Waals surface area contributed by atoms with Crippen LogP contribution in [-0.4, -0.2) is 69.4 Å². The summed E-state index contributed by atoms with van der Waals surface area (Å²) in [5.74, 6) is -0.703. The predicted molar refractivity (Wildman–Crippen MR) is 320 cm³/mol. The molecule has 75 heavy (non-hydrogen) atoms. The van der Waals surface area contributed by atoms with Crippen molar-refractivity contribution < 1.29 is 37.3 Å². The topological polar surface area (TPSA) is 114 Å². The molecule has 0 heterocycles. The number of quaternary nitrogens is 1. The number of carbonyl (C=O) groups is 2. The maximum absolute atomic E-state index is 13.5. The van der Waals surface area contributed by atoms with E-state index in [1.165, 1.54) is 51.4 Å². The highest BCUT2D eigenvalue weighted by Gasteiger charge is 2.27. The molecule has 1 N–H and O–H groups in total. The number of nitrogens with zero attached hydrogens (tertiary/aromatic N) is 1. The fourth-order valence-electron chi connectivity index (χ4n) is 7.33. The Morgan fingerprint density at radius 1 is 0.480 bits per heavy atom. The van der Waals surface area contributed by atoms with Gasteiger partial charge in [0.05, 0.1) is 33.8 Å². The molecule has 0 fully saturated rings. The number of nitrogens with one attached hydrogen (secondary N) is 1. The molecule has 0 rings (SSSR count). The van der Waals surface area contributed by atoms with E-state index in [1.54, 1.807) is 6.08 Å². The van der Waals surface area contributed by atoms with E-state index < -0.39 is 32.5 Å². The molecule has 0 spiro atoms. The summed E-state index contributed by atoms with van der Waals surface area (Å²) in [7, 11) is 1.09. The number of carbonyl (C=O) groups excluding carboxylic acids is 2. The predicted octanol–water partition coefficient (Wildman–Crippen LogP) is 17.2. The van der Waals surface area contributed by atoms with Crippen molar-refractivity contribution in [2.24, 2.45) is 0 Å². The molecule has 0 aromatic carbocycles. The van der Waals surface area contributed by atoms with E-state index in [2.05, 4.69) is 148 Å². The molecule has 3 atom stereocenters. The van der Waals surface area contributed by atoms with Gasteiger partial charge < -0.3 is 28.5 Å². The van der Waals surface area contributed by atoms with Gasteiger partial charge in [-0.3, -0.25) is 14.2 Å². The number of allylic oxidation sites excluding steroid dienone is 23. The SMILES string of the molecule is CC/C=C\C/C=C\C/C=C\C/C=C\C/C=C\C/C=C\CCCCC(=O)OC(/C=C/CCCCCCCCCCCC)C(COP(=O)([O-])OCC[N+](C)(C)C)NC(=O)CC/C=C/C/C=C/C/C=C/C/C=C/C/C=C/CC. The third-order valence-electron chi connectivity index (χ3n) is 11.8. The van der Waals surface area contributed by atoms with Crippen molar-refractivity contribution >= 4 is 19.7 Å². The maximum atomic E-state index is 13.5. The number of unbranched alkanes of at least 4 members (excludes halogenated alkanes) is 12. The fraction of sp³-hybridized carbons (Fsp3) is 0.600. The Morgan fingerprint density at radius 2 is 0.867 bits per heavy atom. The highest BCUT2D eigenvalue weighted by Crippen LogP contribution is 2.38. The lowest BCUT2D eigenvalue weighted by Crippen LogP contribution is -2.47. The lowest BCUT2D eigenvalue weighted by atomic mass is 10.1. The van der Waals surface area contributed by atoms with E-state index in [9.17, 15) is 19.0 Å². The van der Waals surface area contributed by atoms with Crippen molar-refractivity contribution in [1.82, 2.24) is 5.32 Å². The van der Waals surface area contributed by atoms with Crippen molar-refractivity contribution in [2.75, 3.05) is 40.9 Å². The summed E-state index contributed by atoms with van der Waals surface area (Å²) in [6.45, 7) is 6.49. The van der Waals surface area contributed by atoms with E-state index >= 15 is 0 Å². The van der Waals surface area contributed by atoms with Gasteiger partial charge in [-0.15, -0.1) is 0 Å². The standard InChI is InChI=1S/C65H107N2O7P/c1-7-10-13-16-19-22-25-28-30-32-33-34-35-36-38-40-43-46-49-52-55-58-65(69)74-63(56-53-50-47-44-41-27-24-21-18-15-12-9-3)62(61-73-75(70,71)72-60-59-67(4,5)6)66-64(68)57-54-51-48-45-42-39-37-31-29-26-23-20-17-14-11-8-2/h10-11,13-14,19-20,22-23,28-31,33-34,36,38-39,42-43,46,48,51,53,56,62-63H,7-9,12,15-18,21,24-27,32,35,37,40-41,44-45,47,49-50,52,54-55,57-61H2,1-6H3,(H-,66,68,70,71)/b13-10-,14-11+,22-19-,23-20+,30-28-,31-29+,34-33-,38-36-,42-39+,46-43-,51-48+,56-53+. The van der Waals surface area contributed by atoms with Gasteiger partial charge in [0, 0.05) is 12.8 Å². The van der Waals surface area contributed by atoms with Crippen LogP contribution in [0, 0.1) is 0 Å². The Bertz CT molecular complexity index is 1790. The van der Waals surface area contributed by atoms with Crippen LogP contribution in [0.3, 0.4) is 0 Å². The van der Waals surface area contributed by atoms with Crippen molar-refractivity contribution in [2.45, 2.75) is 213 Å². The zero-order chi connectivity index (χ0) is 55.0. The van der Waals surface area contributed by atoms with Crippen molar-refractivity contribution in [3.05, 3.63) is 146 Å². The molecule has 0 saturated heterocycles. The maximum Gasteiger partial charge on any atom is 0.306 e. The Kier molecular flexibility index (Phi) is 50.4. The van der Waals surface area contributed by atoms with Crippen LogP contribution in [0.2, 0.25) is 0 Å². The average molecular weight is 1060 g/mol. The van der Waals surface area contributed by atoms with Gasteiger partial charge in [0.2, 0.25) is 5.91 Å². The number of hydrogen-bond donors (Lipinski definition) is 1. The van der Waals surface area contributed by atoms with E-state index in [4.69, 9.17) is 13.8 Å². The molecule has 0 aliphatic carbocycles. The first kappa shape index (κ1) is 70.9. The minimum atomic E-state index is -4.74. The zero-order valence-corrected chi connectivity index (χ0v) is 49.1. The zero-order valence-electron chi connectivity index (χ0n) is 48.2. The van der Waals surface area contributed by atoms with Gasteiger partial charge in [0.1, 0.15) is 19.3 Å². The Balaban J connectivity index is 5.52. The molecule has 9 nitrogen and oxygen atoms in total. The summed E-state index contributed by atoms with van der Waals surface area (Å²) >= 11 is 0. The molecule has 424 valence electrons. The highest BCUT2D eigenvalue weighted by molar-refractivity contribution is 7.45. The normalized spacial score (nSPS) is 14.8. The highest BCUT2D eigenvalue weighted by atomic mass is 31.2. The molecular formula is C65H107N2O7P. The molecule has 0 saturated carbocycles. The third-order valence-corrected chi connectivity index (χ3v) is 12.7. The summed E-state index contributed by atoms with van der Waals surface area (Å²) in [4.78, 5) is 39.8. The summed E-state index contributed by atoms with van der Waals surface area (Å²) in [5, 5.41) is 2.95. The number of esters is 1. The van der Waals surface area contributed by atoms with E-state index in [0.29, 0.717) is 23.9 Å². The van der Waals surface area contributed by atoms with Crippen molar-refractivity contribution in [3.63, 3.8) is 0 Å². The lowest BCUT2D eigenvalue weighted by molar-refractivity contribution is -0.870. The van der Waals surface area contributed by atoms with Gasteiger partial charge in [-0.05, 0) is 115 Å². The Labute approximate surface area is 459 Å². The summed E-state index contributed by atoms with van der Waals surface area (Å²) in [5.41, 5.74) is 0. The molecule has 0 radical (unpaired) electrons. The van der Waals surface area contributed by atoms with Crippen molar-refractivity contribution in [3.8, 4) is 0 Å². The first-order chi connectivity index (χ1) is 36.4. The molecule has 1 amide bonds. The molecular weight excluding hydrogens is 952 g/mol. The number of likely N-dealkylation sites (N-methyl/N-ethyl adjacent to an activating group) is 1. The first-order valence-corrected chi connectivity index (χ1v) is 30.6. The molecule has 0 aliphatic rings. The monoisotopic (exact) mass is 1060 g/mol. The van der Waals surface area contributed by atoms with Gasteiger partial charge in [-0.1, -0.05) is 218 Å². The second-order valence-electron chi connectivity index (χ2n) is 20.0. The molecule has 0 bridgehead atoms. The minimum Gasteiger partial charge on any atom is -0.756 e. The van der Waals surface area contributed by atoms with Crippen LogP contribution < -0.4 is 10.2 Å². The molecule has 10 heteroatoms. The second kappa shape index (κ2) is 53.3. The van der Waals surface area contributed by atoms with E-state index in [1.807, 2.05) is 39.4 Å². The summed E-state index contributed by atoms with van der Waals surface area (Å²) < 4.78 is 30.1. The summed E-state index contributed by atoms with van der Waals surface area (Å²) in [6.07, 6.45) is 76.9. The van der Waals surface area contributed by atoms with E-state index in [-0.39, 0.29) is 25.4 Å². The Hall–Kier alpha value is -4.11.